The molecule has 1 aliphatic heterocycles. The third kappa shape index (κ3) is 4.63. The molecule has 3 aromatic rings. The number of aromatic nitrogens is 2. The maximum Gasteiger partial charge on any atom is 0.417 e. The zero-order valence-corrected chi connectivity index (χ0v) is 15.6. The van der Waals surface area contributed by atoms with Crippen LogP contribution in [-0.2, 0) is 17.5 Å². The van der Waals surface area contributed by atoms with Crippen LogP contribution in [0, 0.1) is 0 Å². The van der Waals surface area contributed by atoms with Gasteiger partial charge in [0.1, 0.15) is 0 Å². The lowest BCUT2D eigenvalue weighted by atomic mass is 10.1. The van der Waals surface area contributed by atoms with Crippen LogP contribution < -0.4 is 0 Å². The Kier molecular flexibility index (Phi) is 5.60. The summed E-state index contributed by atoms with van der Waals surface area (Å²) in [6.07, 6.45) is -1.24. The van der Waals surface area contributed by atoms with E-state index in [1.165, 1.54) is 12.1 Å². The molecular formula is C22H20F3N3O. The van der Waals surface area contributed by atoms with Gasteiger partial charge in [0.25, 0.3) is 0 Å². The van der Waals surface area contributed by atoms with E-state index in [1.807, 2.05) is 30.3 Å². The Balaban J connectivity index is 1.47. The molecule has 7 heteroatoms. The quantitative estimate of drug-likeness (QED) is 0.635. The number of ether oxygens (including phenoxy) is 1. The highest BCUT2D eigenvalue weighted by Gasteiger charge is 2.34. The summed E-state index contributed by atoms with van der Waals surface area (Å²) in [4.78, 5) is 10.6. The first-order valence-electron chi connectivity index (χ1n) is 9.37. The van der Waals surface area contributed by atoms with Gasteiger partial charge in [-0.1, -0.05) is 48.5 Å². The molecule has 0 aliphatic carbocycles. The van der Waals surface area contributed by atoms with Crippen LogP contribution in [0.3, 0.4) is 0 Å². The number of alkyl halides is 3. The topological polar surface area (TPSA) is 38.2 Å². The Morgan fingerprint density at radius 1 is 0.966 bits per heavy atom. The third-order valence-electron chi connectivity index (χ3n) is 4.91. The van der Waals surface area contributed by atoms with Crippen molar-refractivity contribution in [3.8, 4) is 11.4 Å². The number of hydrogen-bond acceptors (Lipinski definition) is 4. The van der Waals surface area contributed by atoms with E-state index in [4.69, 9.17) is 4.74 Å². The van der Waals surface area contributed by atoms with Crippen molar-refractivity contribution in [2.24, 2.45) is 0 Å². The number of hydrogen-bond donors (Lipinski definition) is 0. The van der Waals surface area contributed by atoms with Crippen LogP contribution in [0.4, 0.5) is 13.2 Å². The second-order valence-electron chi connectivity index (χ2n) is 6.96. The van der Waals surface area contributed by atoms with Gasteiger partial charge in [0.2, 0.25) is 0 Å². The Bertz CT molecular complexity index is 946. The highest BCUT2D eigenvalue weighted by molar-refractivity contribution is 5.60. The summed E-state index contributed by atoms with van der Waals surface area (Å²) < 4.78 is 45.5. The van der Waals surface area contributed by atoms with E-state index in [2.05, 4.69) is 14.9 Å². The molecule has 0 radical (unpaired) electrons. The summed E-state index contributed by atoms with van der Waals surface area (Å²) in [7, 11) is 0. The second-order valence-corrected chi connectivity index (χ2v) is 6.96. The van der Waals surface area contributed by atoms with Crippen LogP contribution >= 0.6 is 0 Å². The van der Waals surface area contributed by atoms with Crippen LogP contribution in [0.5, 0.6) is 0 Å². The first-order chi connectivity index (χ1) is 14.0. The monoisotopic (exact) mass is 399 g/mol. The maximum absolute atomic E-state index is 13.2. The van der Waals surface area contributed by atoms with E-state index in [-0.39, 0.29) is 17.5 Å². The van der Waals surface area contributed by atoms with E-state index < -0.39 is 11.7 Å². The second kappa shape index (κ2) is 8.31. The fourth-order valence-corrected chi connectivity index (χ4v) is 3.47. The van der Waals surface area contributed by atoms with Crippen LogP contribution in [-0.4, -0.2) is 34.6 Å². The molecule has 29 heavy (non-hydrogen) atoms. The summed E-state index contributed by atoms with van der Waals surface area (Å²) >= 11 is 0. The standard InChI is InChI=1S/C22H20F3N3O/c23-22(24,25)19-9-5-4-8-18(19)21-26-12-16(13-27-21)14-28-10-11-29-20(15-28)17-6-2-1-3-7-17/h1-9,12-13,20H,10-11,14-15H2. The smallest absolute Gasteiger partial charge is 0.371 e. The van der Waals surface area contributed by atoms with Gasteiger partial charge in [-0.15, -0.1) is 0 Å². The molecule has 1 aliphatic rings. The average molecular weight is 399 g/mol. The number of halogens is 3. The summed E-state index contributed by atoms with van der Waals surface area (Å²) in [5, 5.41) is 0. The number of rotatable bonds is 4. The van der Waals surface area contributed by atoms with Crippen molar-refractivity contribution in [2.75, 3.05) is 19.7 Å². The summed E-state index contributed by atoms with van der Waals surface area (Å²) in [5.41, 5.74) is 1.24. The highest BCUT2D eigenvalue weighted by Crippen LogP contribution is 2.35. The summed E-state index contributed by atoms with van der Waals surface area (Å²) in [6.45, 7) is 2.76. The molecule has 1 saturated heterocycles. The Hall–Kier alpha value is -2.77. The van der Waals surface area contributed by atoms with Crippen molar-refractivity contribution >= 4 is 0 Å². The van der Waals surface area contributed by atoms with E-state index in [0.717, 1.165) is 30.3 Å². The lowest BCUT2D eigenvalue weighted by Gasteiger charge is -2.33. The zero-order valence-electron chi connectivity index (χ0n) is 15.6. The molecule has 0 saturated carbocycles. The number of benzene rings is 2. The molecule has 150 valence electrons. The Labute approximate surface area is 167 Å². The number of morpholine rings is 1. The first-order valence-corrected chi connectivity index (χ1v) is 9.37. The van der Waals surface area contributed by atoms with Gasteiger partial charge in [0.15, 0.2) is 5.82 Å². The predicted octanol–water partition coefficient (Wildman–Crippen LogP) is 4.74. The van der Waals surface area contributed by atoms with Gasteiger partial charge in [-0.3, -0.25) is 4.90 Å². The van der Waals surface area contributed by atoms with E-state index >= 15 is 0 Å². The SMILES string of the molecule is FC(F)(F)c1ccccc1-c1ncc(CN2CCOC(c3ccccc3)C2)cn1. The lowest BCUT2D eigenvalue weighted by Crippen LogP contribution is -2.37. The van der Waals surface area contributed by atoms with E-state index in [9.17, 15) is 13.2 Å². The van der Waals surface area contributed by atoms with Crippen molar-refractivity contribution in [3.05, 3.63) is 83.7 Å². The van der Waals surface area contributed by atoms with Gasteiger partial charge < -0.3 is 4.74 Å². The largest absolute Gasteiger partial charge is 0.417 e. The van der Waals surface area contributed by atoms with E-state index in [1.54, 1.807) is 18.5 Å². The third-order valence-corrected chi connectivity index (χ3v) is 4.91. The molecule has 0 amide bonds. The molecule has 0 spiro atoms. The van der Waals surface area contributed by atoms with Crippen LogP contribution in [0.2, 0.25) is 0 Å². The van der Waals surface area contributed by atoms with Crippen LogP contribution in [0.1, 0.15) is 22.8 Å². The first kappa shape index (κ1) is 19.5. The van der Waals surface area contributed by atoms with Crippen LogP contribution in [0.15, 0.2) is 67.0 Å². The lowest BCUT2D eigenvalue weighted by molar-refractivity contribution is -0.137. The van der Waals surface area contributed by atoms with Crippen LogP contribution in [0.25, 0.3) is 11.4 Å². The van der Waals surface area contributed by atoms with Gasteiger partial charge in [-0.05, 0) is 11.6 Å². The molecular weight excluding hydrogens is 379 g/mol. The Morgan fingerprint density at radius 3 is 2.38 bits per heavy atom. The average Bonchev–Trinajstić information content (AvgIpc) is 2.75. The molecule has 1 aromatic heterocycles. The highest BCUT2D eigenvalue weighted by atomic mass is 19.4. The molecule has 0 N–H and O–H groups in total. The van der Waals surface area contributed by atoms with Crippen molar-refractivity contribution in [1.82, 2.24) is 14.9 Å². The van der Waals surface area contributed by atoms with Crippen molar-refractivity contribution in [1.29, 1.82) is 0 Å². The van der Waals surface area contributed by atoms with Gasteiger partial charge in [-0.2, -0.15) is 13.2 Å². The molecule has 4 rings (SSSR count). The molecule has 4 nitrogen and oxygen atoms in total. The maximum atomic E-state index is 13.2. The van der Waals surface area contributed by atoms with E-state index in [0.29, 0.717) is 13.2 Å². The minimum Gasteiger partial charge on any atom is -0.371 e. The minimum absolute atomic E-state index is 0.00352. The van der Waals surface area contributed by atoms with Crippen molar-refractivity contribution in [2.45, 2.75) is 18.8 Å². The fraction of sp³-hybridized carbons (Fsp3) is 0.273. The molecule has 1 fully saturated rings. The number of nitrogens with zero attached hydrogens (tertiary/aromatic N) is 3. The predicted molar refractivity (Wildman–Crippen MR) is 103 cm³/mol. The van der Waals surface area contributed by atoms with Crippen molar-refractivity contribution in [3.63, 3.8) is 0 Å². The molecule has 2 heterocycles. The summed E-state index contributed by atoms with van der Waals surface area (Å²) in [5.74, 6) is 0.0748. The van der Waals surface area contributed by atoms with Gasteiger partial charge >= 0.3 is 6.18 Å². The van der Waals surface area contributed by atoms with Gasteiger partial charge in [0, 0.05) is 43.2 Å². The normalized spacial score (nSPS) is 18.0. The zero-order chi connectivity index (χ0) is 20.3. The van der Waals surface area contributed by atoms with Gasteiger partial charge in [-0.25, -0.2) is 9.97 Å². The van der Waals surface area contributed by atoms with Crippen molar-refractivity contribution < 1.29 is 17.9 Å². The molecule has 2 aromatic carbocycles. The Morgan fingerprint density at radius 2 is 1.66 bits per heavy atom. The molecule has 0 bridgehead atoms. The summed E-state index contributed by atoms with van der Waals surface area (Å²) in [6, 6.07) is 15.4. The minimum atomic E-state index is -4.45. The fourth-order valence-electron chi connectivity index (χ4n) is 3.47. The molecule has 1 atom stereocenters. The van der Waals surface area contributed by atoms with Gasteiger partial charge in [0.05, 0.1) is 18.3 Å². The molecule has 1 unspecified atom stereocenters.